The van der Waals surface area contributed by atoms with E-state index >= 15 is 0 Å². The molecule has 1 fully saturated rings. The van der Waals surface area contributed by atoms with Gasteiger partial charge in [-0.15, -0.1) is 0 Å². The molecule has 0 heterocycles. The van der Waals surface area contributed by atoms with Crippen LogP contribution in [0.15, 0.2) is 24.3 Å². The normalized spacial score (nSPS) is 20.2. The Hall–Kier alpha value is -1.84. The van der Waals surface area contributed by atoms with Gasteiger partial charge in [-0.2, -0.15) is 0 Å². The Balaban J connectivity index is 1.91. The Morgan fingerprint density at radius 1 is 1.28 bits per heavy atom. The van der Waals surface area contributed by atoms with Gasteiger partial charge in [-0.3, -0.25) is 4.79 Å². The standard InChI is InChI=1S/C14H17NO3/c1-14(2)7-11(14)8-15-12(16)9-3-5-10(6-4-9)13(17)18/h3-6,11H,7-8H2,1-2H3,(H,15,16)(H,17,18). The fraction of sp³-hybridized carbons (Fsp3) is 0.429. The zero-order chi connectivity index (χ0) is 13.3. The number of carboxylic acids is 1. The molecule has 0 bridgehead atoms. The Morgan fingerprint density at radius 3 is 2.22 bits per heavy atom. The van der Waals surface area contributed by atoms with Gasteiger partial charge in [0.05, 0.1) is 5.56 Å². The monoisotopic (exact) mass is 247 g/mol. The van der Waals surface area contributed by atoms with Crippen LogP contribution in [0.5, 0.6) is 0 Å². The van der Waals surface area contributed by atoms with Gasteiger partial charge in [-0.05, 0) is 42.0 Å². The van der Waals surface area contributed by atoms with Gasteiger partial charge in [0.2, 0.25) is 0 Å². The predicted octanol–water partition coefficient (Wildman–Crippen LogP) is 2.16. The van der Waals surface area contributed by atoms with E-state index in [1.54, 1.807) is 0 Å². The Morgan fingerprint density at radius 2 is 1.78 bits per heavy atom. The summed E-state index contributed by atoms with van der Waals surface area (Å²) in [5, 5.41) is 11.6. The van der Waals surface area contributed by atoms with Crippen LogP contribution in [0.3, 0.4) is 0 Å². The molecule has 2 rings (SSSR count). The third-order valence-corrected chi connectivity index (χ3v) is 3.62. The smallest absolute Gasteiger partial charge is 0.335 e. The fourth-order valence-electron chi connectivity index (χ4n) is 2.01. The minimum atomic E-state index is -0.985. The van der Waals surface area contributed by atoms with E-state index in [1.165, 1.54) is 24.3 Å². The molecule has 96 valence electrons. The second-order valence-corrected chi connectivity index (χ2v) is 5.48. The van der Waals surface area contributed by atoms with Gasteiger partial charge in [0, 0.05) is 12.1 Å². The van der Waals surface area contributed by atoms with Gasteiger partial charge in [0.15, 0.2) is 0 Å². The van der Waals surface area contributed by atoms with E-state index in [9.17, 15) is 9.59 Å². The Kier molecular flexibility index (Phi) is 3.11. The summed E-state index contributed by atoms with van der Waals surface area (Å²) in [5.74, 6) is -0.573. The number of hydrogen-bond acceptors (Lipinski definition) is 2. The number of carbonyl (C=O) groups excluding carboxylic acids is 1. The molecule has 4 nitrogen and oxygen atoms in total. The van der Waals surface area contributed by atoms with Crippen molar-refractivity contribution in [2.45, 2.75) is 20.3 Å². The SMILES string of the molecule is CC1(C)CC1CNC(=O)c1ccc(C(=O)O)cc1. The van der Waals surface area contributed by atoms with Crippen LogP contribution in [0, 0.1) is 11.3 Å². The first-order chi connectivity index (χ1) is 8.40. The van der Waals surface area contributed by atoms with Crippen LogP contribution in [-0.4, -0.2) is 23.5 Å². The summed E-state index contributed by atoms with van der Waals surface area (Å²) in [6.07, 6.45) is 1.14. The van der Waals surface area contributed by atoms with E-state index in [-0.39, 0.29) is 11.5 Å². The van der Waals surface area contributed by atoms with Gasteiger partial charge in [-0.25, -0.2) is 4.79 Å². The average Bonchev–Trinajstić information content (AvgIpc) is 2.94. The summed E-state index contributed by atoms with van der Waals surface area (Å²) in [5.41, 5.74) is 1.04. The van der Waals surface area contributed by atoms with Gasteiger partial charge in [0.1, 0.15) is 0 Å². The molecule has 1 aliphatic rings. The molecule has 1 aliphatic carbocycles. The predicted molar refractivity (Wildman–Crippen MR) is 67.6 cm³/mol. The highest BCUT2D eigenvalue weighted by Crippen LogP contribution is 2.50. The zero-order valence-corrected chi connectivity index (χ0v) is 10.6. The molecule has 18 heavy (non-hydrogen) atoms. The molecule has 0 spiro atoms. The quantitative estimate of drug-likeness (QED) is 0.856. The summed E-state index contributed by atoms with van der Waals surface area (Å²) >= 11 is 0. The number of carboxylic acid groups (broad SMARTS) is 1. The molecular formula is C14H17NO3. The van der Waals surface area contributed by atoms with Crippen molar-refractivity contribution in [3.63, 3.8) is 0 Å². The third-order valence-electron chi connectivity index (χ3n) is 3.62. The lowest BCUT2D eigenvalue weighted by molar-refractivity contribution is 0.0696. The molecule has 0 saturated heterocycles. The molecule has 1 saturated carbocycles. The molecule has 1 unspecified atom stereocenters. The Labute approximate surface area is 106 Å². The van der Waals surface area contributed by atoms with Crippen molar-refractivity contribution >= 4 is 11.9 Å². The van der Waals surface area contributed by atoms with Gasteiger partial charge in [0.25, 0.3) is 5.91 Å². The van der Waals surface area contributed by atoms with E-state index < -0.39 is 5.97 Å². The van der Waals surface area contributed by atoms with E-state index in [4.69, 9.17) is 5.11 Å². The van der Waals surface area contributed by atoms with Crippen molar-refractivity contribution in [1.82, 2.24) is 5.32 Å². The van der Waals surface area contributed by atoms with Crippen LogP contribution in [0.25, 0.3) is 0 Å². The summed E-state index contributed by atoms with van der Waals surface area (Å²) in [7, 11) is 0. The number of hydrogen-bond donors (Lipinski definition) is 2. The zero-order valence-electron chi connectivity index (χ0n) is 10.6. The van der Waals surface area contributed by atoms with E-state index in [1.807, 2.05) is 0 Å². The second-order valence-electron chi connectivity index (χ2n) is 5.48. The van der Waals surface area contributed by atoms with Gasteiger partial charge >= 0.3 is 5.97 Å². The first-order valence-electron chi connectivity index (χ1n) is 6.02. The lowest BCUT2D eigenvalue weighted by Crippen LogP contribution is -2.26. The van der Waals surface area contributed by atoms with Crippen molar-refractivity contribution in [1.29, 1.82) is 0 Å². The third kappa shape index (κ3) is 2.70. The topological polar surface area (TPSA) is 66.4 Å². The first-order valence-corrected chi connectivity index (χ1v) is 6.02. The van der Waals surface area contributed by atoms with Gasteiger partial charge < -0.3 is 10.4 Å². The maximum absolute atomic E-state index is 11.8. The molecule has 1 aromatic rings. The van der Waals surface area contributed by atoms with Crippen LogP contribution < -0.4 is 5.32 Å². The number of amides is 1. The highest BCUT2D eigenvalue weighted by atomic mass is 16.4. The molecule has 1 amide bonds. The molecule has 1 atom stereocenters. The average molecular weight is 247 g/mol. The van der Waals surface area contributed by atoms with E-state index in [2.05, 4.69) is 19.2 Å². The van der Waals surface area contributed by atoms with Crippen LogP contribution >= 0.6 is 0 Å². The highest BCUT2D eigenvalue weighted by molar-refractivity contribution is 5.95. The van der Waals surface area contributed by atoms with Crippen LogP contribution in [-0.2, 0) is 0 Å². The van der Waals surface area contributed by atoms with E-state index in [0.717, 1.165) is 6.42 Å². The van der Waals surface area contributed by atoms with Crippen molar-refractivity contribution in [2.75, 3.05) is 6.54 Å². The van der Waals surface area contributed by atoms with E-state index in [0.29, 0.717) is 23.4 Å². The first kappa shape index (κ1) is 12.6. The van der Waals surface area contributed by atoms with Crippen LogP contribution in [0.4, 0.5) is 0 Å². The minimum Gasteiger partial charge on any atom is -0.478 e. The molecule has 0 radical (unpaired) electrons. The molecule has 2 N–H and O–H groups in total. The summed E-state index contributed by atoms with van der Waals surface area (Å²) < 4.78 is 0. The van der Waals surface area contributed by atoms with Crippen molar-refractivity contribution < 1.29 is 14.7 Å². The fourth-order valence-corrected chi connectivity index (χ4v) is 2.01. The molecular weight excluding hydrogens is 230 g/mol. The molecule has 0 aromatic heterocycles. The second kappa shape index (κ2) is 4.44. The van der Waals surface area contributed by atoms with Crippen LogP contribution in [0.2, 0.25) is 0 Å². The molecule has 4 heteroatoms. The maximum Gasteiger partial charge on any atom is 0.335 e. The Bertz CT molecular complexity index is 476. The summed E-state index contributed by atoms with van der Waals surface area (Å²) in [4.78, 5) is 22.5. The number of rotatable bonds is 4. The van der Waals surface area contributed by atoms with Crippen molar-refractivity contribution in [3.8, 4) is 0 Å². The van der Waals surface area contributed by atoms with Crippen molar-refractivity contribution in [3.05, 3.63) is 35.4 Å². The number of benzene rings is 1. The number of aromatic carboxylic acids is 1. The molecule has 0 aliphatic heterocycles. The highest BCUT2D eigenvalue weighted by Gasteiger charge is 2.45. The lowest BCUT2D eigenvalue weighted by Gasteiger charge is -2.06. The van der Waals surface area contributed by atoms with Crippen LogP contribution in [0.1, 0.15) is 41.0 Å². The number of carbonyl (C=O) groups is 2. The van der Waals surface area contributed by atoms with Crippen molar-refractivity contribution in [2.24, 2.45) is 11.3 Å². The molecule has 1 aromatic carbocycles. The maximum atomic E-state index is 11.8. The summed E-state index contributed by atoms with van der Waals surface area (Å²) in [6, 6.07) is 5.96. The largest absolute Gasteiger partial charge is 0.478 e. The summed E-state index contributed by atoms with van der Waals surface area (Å²) in [6.45, 7) is 5.06. The lowest BCUT2D eigenvalue weighted by atomic mass is 10.1. The number of nitrogens with one attached hydrogen (secondary N) is 1. The minimum absolute atomic E-state index is 0.144. The van der Waals surface area contributed by atoms with Gasteiger partial charge in [-0.1, -0.05) is 13.8 Å².